The predicted octanol–water partition coefficient (Wildman–Crippen LogP) is 0.668. The summed E-state index contributed by atoms with van der Waals surface area (Å²) in [4.78, 5) is 4.09. The van der Waals surface area contributed by atoms with Crippen LogP contribution in [0.15, 0.2) is 29.4 Å². The fourth-order valence-corrected chi connectivity index (χ4v) is 2.48. The molecule has 0 saturated heterocycles. The lowest BCUT2D eigenvalue weighted by molar-refractivity contribution is 0.652. The molecule has 0 fully saturated rings. The van der Waals surface area contributed by atoms with Gasteiger partial charge in [-0.1, -0.05) is 5.21 Å². The van der Waals surface area contributed by atoms with Gasteiger partial charge in [-0.05, 0) is 15.9 Å². The maximum atomic E-state index is 6.26. The Hall–Kier alpha value is -1.80. The first-order chi connectivity index (χ1) is 8.68. The molecule has 0 bridgehead atoms. The third-order valence-electron chi connectivity index (χ3n) is 2.81. The van der Waals surface area contributed by atoms with Gasteiger partial charge in [-0.15, -0.1) is 5.10 Å². The molecule has 18 heavy (non-hydrogen) atoms. The van der Waals surface area contributed by atoms with Gasteiger partial charge in [0.15, 0.2) is 4.60 Å². The van der Waals surface area contributed by atoms with Crippen LogP contribution in [0.4, 0.5) is 0 Å². The molecule has 0 aliphatic rings. The average molecular weight is 308 g/mol. The van der Waals surface area contributed by atoms with E-state index >= 15 is 0 Å². The Balaban J connectivity index is 2.15. The average Bonchev–Trinajstić information content (AvgIpc) is 2.93. The molecule has 0 aliphatic heterocycles. The molecule has 3 aromatic heterocycles. The summed E-state index contributed by atoms with van der Waals surface area (Å²) in [6.07, 6.45) is 6.93. The smallest absolute Gasteiger partial charge is 0.153 e. The van der Waals surface area contributed by atoms with Gasteiger partial charge in [0.05, 0.1) is 29.6 Å². The van der Waals surface area contributed by atoms with Crippen molar-refractivity contribution in [1.29, 1.82) is 0 Å². The minimum atomic E-state index is -0.360. The van der Waals surface area contributed by atoms with E-state index in [0.717, 1.165) is 16.8 Å². The standard InChI is InChI=1S/C10H10BrN7/c1-17-9(10(11)15-16-17)8(12)6-4-14-18-3-2-13-5-7(6)18/h2-5,8H,12H2,1H3. The van der Waals surface area contributed by atoms with Gasteiger partial charge in [-0.3, -0.25) is 4.98 Å². The number of hydrogen-bond acceptors (Lipinski definition) is 5. The van der Waals surface area contributed by atoms with Gasteiger partial charge in [-0.25, -0.2) is 9.20 Å². The van der Waals surface area contributed by atoms with E-state index in [1.807, 2.05) is 0 Å². The number of halogens is 1. The molecule has 0 radical (unpaired) electrons. The van der Waals surface area contributed by atoms with Crippen molar-refractivity contribution in [2.24, 2.45) is 12.8 Å². The summed E-state index contributed by atoms with van der Waals surface area (Å²) in [5, 5.41) is 12.1. The lowest BCUT2D eigenvalue weighted by Crippen LogP contribution is -2.16. The van der Waals surface area contributed by atoms with Gasteiger partial charge in [0, 0.05) is 25.0 Å². The number of hydrogen-bond donors (Lipinski definition) is 1. The minimum Gasteiger partial charge on any atom is -0.319 e. The zero-order chi connectivity index (χ0) is 12.7. The highest BCUT2D eigenvalue weighted by molar-refractivity contribution is 9.10. The summed E-state index contributed by atoms with van der Waals surface area (Å²) in [5.74, 6) is 0. The number of nitrogens with zero attached hydrogens (tertiary/aromatic N) is 6. The van der Waals surface area contributed by atoms with Crippen LogP contribution in [-0.4, -0.2) is 29.6 Å². The second kappa shape index (κ2) is 4.14. The first-order valence-electron chi connectivity index (χ1n) is 5.26. The molecule has 2 N–H and O–H groups in total. The fourth-order valence-electron chi connectivity index (χ4n) is 1.91. The number of fused-ring (bicyclic) bond motifs is 1. The van der Waals surface area contributed by atoms with E-state index in [1.165, 1.54) is 0 Å². The second-order valence-electron chi connectivity index (χ2n) is 3.87. The van der Waals surface area contributed by atoms with Crippen molar-refractivity contribution in [2.45, 2.75) is 6.04 Å². The van der Waals surface area contributed by atoms with Crippen LogP contribution in [0, 0.1) is 0 Å². The van der Waals surface area contributed by atoms with Crippen molar-refractivity contribution in [3.05, 3.63) is 40.6 Å². The first kappa shape index (κ1) is 11.3. The van der Waals surface area contributed by atoms with E-state index in [0.29, 0.717) is 4.60 Å². The van der Waals surface area contributed by atoms with E-state index in [4.69, 9.17) is 5.73 Å². The number of aryl methyl sites for hydroxylation is 1. The maximum absolute atomic E-state index is 6.26. The molecule has 1 unspecified atom stereocenters. The molecule has 0 aliphatic carbocycles. The third-order valence-corrected chi connectivity index (χ3v) is 3.38. The first-order valence-corrected chi connectivity index (χ1v) is 6.05. The molecule has 0 saturated carbocycles. The molecule has 1 atom stereocenters. The molecule has 92 valence electrons. The monoisotopic (exact) mass is 307 g/mol. The minimum absolute atomic E-state index is 0.360. The lowest BCUT2D eigenvalue weighted by atomic mass is 10.1. The Morgan fingerprint density at radius 3 is 2.94 bits per heavy atom. The highest BCUT2D eigenvalue weighted by Crippen LogP contribution is 2.26. The van der Waals surface area contributed by atoms with Crippen molar-refractivity contribution in [2.75, 3.05) is 0 Å². The molecule has 7 nitrogen and oxygen atoms in total. The maximum Gasteiger partial charge on any atom is 0.153 e. The van der Waals surface area contributed by atoms with Gasteiger partial charge in [0.2, 0.25) is 0 Å². The van der Waals surface area contributed by atoms with Gasteiger partial charge >= 0.3 is 0 Å². The largest absolute Gasteiger partial charge is 0.319 e. The third kappa shape index (κ3) is 1.61. The Labute approximate surface area is 111 Å². The number of aromatic nitrogens is 6. The second-order valence-corrected chi connectivity index (χ2v) is 4.62. The zero-order valence-electron chi connectivity index (χ0n) is 9.53. The molecule has 0 aromatic carbocycles. The molecular formula is C10H10BrN7. The molecule has 0 amide bonds. The summed E-state index contributed by atoms with van der Waals surface area (Å²) in [5.41, 5.74) is 8.82. The van der Waals surface area contributed by atoms with Crippen LogP contribution in [0.2, 0.25) is 0 Å². The van der Waals surface area contributed by atoms with Crippen LogP contribution in [-0.2, 0) is 7.05 Å². The van der Waals surface area contributed by atoms with Crippen LogP contribution >= 0.6 is 15.9 Å². The quantitative estimate of drug-likeness (QED) is 0.752. The van der Waals surface area contributed by atoms with Gasteiger partial charge in [-0.2, -0.15) is 5.10 Å². The normalized spacial score (nSPS) is 13.1. The highest BCUT2D eigenvalue weighted by Gasteiger charge is 2.21. The van der Waals surface area contributed by atoms with E-state index in [1.54, 1.807) is 41.0 Å². The highest BCUT2D eigenvalue weighted by atomic mass is 79.9. The van der Waals surface area contributed by atoms with Crippen molar-refractivity contribution in [3.8, 4) is 0 Å². The predicted molar refractivity (Wildman–Crippen MR) is 67.7 cm³/mol. The topological polar surface area (TPSA) is 86.9 Å². The lowest BCUT2D eigenvalue weighted by Gasteiger charge is -2.10. The summed E-state index contributed by atoms with van der Waals surface area (Å²) in [6, 6.07) is -0.360. The molecule has 3 aromatic rings. The van der Waals surface area contributed by atoms with E-state index in [2.05, 4.69) is 36.3 Å². The van der Waals surface area contributed by atoms with Crippen LogP contribution in [0.1, 0.15) is 17.3 Å². The van der Waals surface area contributed by atoms with Crippen molar-refractivity contribution < 1.29 is 0 Å². The zero-order valence-corrected chi connectivity index (χ0v) is 11.1. The Morgan fingerprint density at radius 2 is 2.22 bits per heavy atom. The van der Waals surface area contributed by atoms with Crippen LogP contribution in [0.3, 0.4) is 0 Å². The summed E-state index contributed by atoms with van der Waals surface area (Å²) in [7, 11) is 1.80. The summed E-state index contributed by atoms with van der Waals surface area (Å²) < 4.78 is 4.02. The molecule has 3 rings (SSSR count). The van der Waals surface area contributed by atoms with Crippen molar-refractivity contribution in [3.63, 3.8) is 0 Å². The van der Waals surface area contributed by atoms with Crippen molar-refractivity contribution >= 4 is 21.4 Å². The summed E-state index contributed by atoms with van der Waals surface area (Å²) >= 11 is 3.35. The van der Waals surface area contributed by atoms with E-state index in [-0.39, 0.29) is 6.04 Å². The van der Waals surface area contributed by atoms with Crippen LogP contribution < -0.4 is 5.73 Å². The fraction of sp³-hybridized carbons (Fsp3) is 0.200. The molecule has 3 heterocycles. The van der Waals surface area contributed by atoms with Gasteiger partial charge in [0.25, 0.3) is 0 Å². The van der Waals surface area contributed by atoms with Crippen LogP contribution in [0.25, 0.3) is 5.52 Å². The SMILES string of the molecule is Cn1nnc(Br)c1C(N)c1cnn2ccncc12. The van der Waals surface area contributed by atoms with E-state index in [9.17, 15) is 0 Å². The molecule has 0 spiro atoms. The Kier molecular flexibility index (Phi) is 2.60. The number of nitrogens with two attached hydrogens (primary N) is 1. The van der Waals surface area contributed by atoms with Crippen LogP contribution in [0.5, 0.6) is 0 Å². The molecule has 8 heteroatoms. The molecular weight excluding hydrogens is 298 g/mol. The summed E-state index contributed by atoms with van der Waals surface area (Å²) in [6.45, 7) is 0. The van der Waals surface area contributed by atoms with Crippen molar-refractivity contribution in [1.82, 2.24) is 29.6 Å². The van der Waals surface area contributed by atoms with Gasteiger partial charge < -0.3 is 5.73 Å². The number of rotatable bonds is 2. The Morgan fingerprint density at radius 1 is 1.39 bits per heavy atom. The van der Waals surface area contributed by atoms with E-state index < -0.39 is 0 Å². The van der Waals surface area contributed by atoms with Gasteiger partial charge in [0.1, 0.15) is 0 Å². The Bertz CT molecular complexity index is 682.